The number of carbonyl (C=O) groups excluding carboxylic acids is 1. The Kier molecular flexibility index (Phi) is 1.70. The summed E-state index contributed by atoms with van der Waals surface area (Å²) in [6.45, 7) is 3.64. The van der Waals surface area contributed by atoms with Crippen LogP contribution < -0.4 is 0 Å². The topological polar surface area (TPSA) is 17.1 Å². The fourth-order valence-electron chi connectivity index (χ4n) is 0.977. The molecule has 0 heterocycles. The van der Waals surface area contributed by atoms with Gasteiger partial charge < -0.3 is 0 Å². The van der Waals surface area contributed by atoms with E-state index in [-0.39, 0.29) is 5.78 Å². The molecule has 0 aliphatic heterocycles. The van der Waals surface area contributed by atoms with Gasteiger partial charge in [0.1, 0.15) is 0 Å². The molecule has 0 spiro atoms. The number of rotatable bonds is 2. The molecular weight excluding hydrogens is 112 g/mol. The second-order valence-electron chi connectivity index (χ2n) is 2.77. The van der Waals surface area contributed by atoms with Crippen molar-refractivity contribution in [2.45, 2.75) is 26.7 Å². The van der Waals surface area contributed by atoms with Gasteiger partial charge >= 0.3 is 0 Å². The quantitative estimate of drug-likeness (QED) is 0.514. The van der Waals surface area contributed by atoms with Crippen molar-refractivity contribution >= 4 is 5.78 Å². The van der Waals surface area contributed by atoms with E-state index >= 15 is 0 Å². The molecule has 0 unspecified atom stereocenters. The summed E-state index contributed by atoms with van der Waals surface area (Å²) in [6, 6.07) is 0. The van der Waals surface area contributed by atoms with Gasteiger partial charge in [0.05, 0.1) is 0 Å². The largest absolute Gasteiger partial charge is 0.295 e. The van der Waals surface area contributed by atoms with Gasteiger partial charge in [0.15, 0.2) is 5.78 Å². The van der Waals surface area contributed by atoms with Gasteiger partial charge in [0.2, 0.25) is 0 Å². The van der Waals surface area contributed by atoms with Crippen LogP contribution in [-0.4, -0.2) is 5.78 Å². The molecule has 1 saturated carbocycles. The van der Waals surface area contributed by atoms with Crippen LogP contribution >= 0.6 is 0 Å². The number of carbonyl (C=O) groups is 1. The Bertz CT molecular complexity index is 152. The highest BCUT2D eigenvalue weighted by molar-refractivity contribution is 5.87. The molecule has 0 amide bonds. The smallest absolute Gasteiger partial charge is 0.152 e. The maximum Gasteiger partial charge on any atom is 0.152 e. The Morgan fingerprint density at radius 2 is 2.00 bits per heavy atom. The average Bonchev–Trinajstić information content (AvgIpc) is 2.40. The van der Waals surface area contributed by atoms with Crippen molar-refractivity contribution in [1.82, 2.24) is 0 Å². The van der Waals surface area contributed by atoms with Crippen LogP contribution in [0.1, 0.15) is 26.7 Å². The molecule has 0 N–H and O–H groups in total. The predicted octanol–water partition coefficient (Wildman–Crippen LogP) is 1.93. The second-order valence-corrected chi connectivity index (χ2v) is 2.77. The molecule has 1 heteroatoms. The third kappa shape index (κ3) is 2.00. The molecule has 0 atom stereocenters. The first-order valence-electron chi connectivity index (χ1n) is 3.39. The molecular formula is C8H12O. The van der Waals surface area contributed by atoms with E-state index in [1.54, 1.807) is 13.0 Å². The first-order valence-corrected chi connectivity index (χ1v) is 3.39. The summed E-state index contributed by atoms with van der Waals surface area (Å²) < 4.78 is 0. The lowest BCUT2D eigenvalue weighted by atomic mass is 10.1. The van der Waals surface area contributed by atoms with Crippen molar-refractivity contribution in [2.24, 2.45) is 5.92 Å². The summed E-state index contributed by atoms with van der Waals surface area (Å²) in [4.78, 5) is 10.5. The van der Waals surface area contributed by atoms with Crippen LogP contribution in [0.4, 0.5) is 0 Å². The molecule has 1 rings (SSSR count). The number of ketones is 1. The minimum Gasteiger partial charge on any atom is -0.295 e. The fourth-order valence-corrected chi connectivity index (χ4v) is 0.977. The summed E-state index contributed by atoms with van der Waals surface area (Å²) in [7, 11) is 0. The van der Waals surface area contributed by atoms with Crippen LogP contribution in [0.15, 0.2) is 11.6 Å². The van der Waals surface area contributed by atoms with Gasteiger partial charge in [-0.05, 0) is 38.7 Å². The van der Waals surface area contributed by atoms with E-state index in [9.17, 15) is 4.79 Å². The molecule has 1 nitrogen and oxygen atoms in total. The Hall–Kier alpha value is -0.590. The molecule has 0 bridgehead atoms. The lowest BCUT2D eigenvalue weighted by Crippen LogP contribution is -1.86. The summed E-state index contributed by atoms with van der Waals surface area (Å²) in [5.41, 5.74) is 1.27. The molecule has 1 aliphatic carbocycles. The van der Waals surface area contributed by atoms with Crippen LogP contribution in [0.5, 0.6) is 0 Å². The highest BCUT2D eigenvalue weighted by Crippen LogP contribution is 2.35. The van der Waals surface area contributed by atoms with Crippen molar-refractivity contribution < 1.29 is 4.79 Å². The first-order chi connectivity index (χ1) is 4.20. The zero-order chi connectivity index (χ0) is 6.85. The zero-order valence-electron chi connectivity index (χ0n) is 5.98. The second kappa shape index (κ2) is 2.34. The van der Waals surface area contributed by atoms with Gasteiger partial charge in [-0.1, -0.05) is 5.57 Å². The van der Waals surface area contributed by atoms with Crippen LogP contribution in [0.3, 0.4) is 0 Å². The van der Waals surface area contributed by atoms with E-state index in [4.69, 9.17) is 0 Å². The van der Waals surface area contributed by atoms with E-state index in [1.165, 1.54) is 18.4 Å². The molecule has 1 aliphatic rings. The normalized spacial score (nSPS) is 20.0. The van der Waals surface area contributed by atoms with E-state index in [1.807, 2.05) is 6.92 Å². The van der Waals surface area contributed by atoms with Crippen LogP contribution in [0, 0.1) is 5.92 Å². The highest BCUT2D eigenvalue weighted by atomic mass is 16.1. The predicted molar refractivity (Wildman–Crippen MR) is 37.2 cm³/mol. The summed E-state index contributed by atoms with van der Waals surface area (Å²) in [6.07, 6.45) is 4.32. The number of hydrogen-bond acceptors (Lipinski definition) is 1. The third-order valence-corrected chi connectivity index (χ3v) is 1.65. The molecule has 0 radical (unpaired) electrons. The third-order valence-electron chi connectivity index (χ3n) is 1.65. The van der Waals surface area contributed by atoms with E-state index in [0.29, 0.717) is 0 Å². The summed E-state index contributed by atoms with van der Waals surface area (Å²) in [5, 5.41) is 0. The Balaban J connectivity index is 2.47. The Morgan fingerprint density at radius 3 is 2.33 bits per heavy atom. The van der Waals surface area contributed by atoms with Gasteiger partial charge in [-0.3, -0.25) is 4.79 Å². The van der Waals surface area contributed by atoms with Crippen LogP contribution in [0.2, 0.25) is 0 Å². The Labute approximate surface area is 55.8 Å². The van der Waals surface area contributed by atoms with Crippen molar-refractivity contribution in [3.8, 4) is 0 Å². The first kappa shape index (κ1) is 6.53. The minimum atomic E-state index is 0.180. The summed E-state index contributed by atoms with van der Waals surface area (Å²) in [5.74, 6) is 0.924. The molecule has 50 valence electrons. The van der Waals surface area contributed by atoms with Crippen molar-refractivity contribution in [1.29, 1.82) is 0 Å². The molecule has 0 saturated heterocycles. The maximum atomic E-state index is 10.5. The molecule has 9 heavy (non-hydrogen) atoms. The minimum absolute atomic E-state index is 0.180. The van der Waals surface area contributed by atoms with E-state index < -0.39 is 0 Å². The summed E-state index contributed by atoms with van der Waals surface area (Å²) >= 11 is 0. The van der Waals surface area contributed by atoms with Crippen LogP contribution in [0.25, 0.3) is 0 Å². The van der Waals surface area contributed by atoms with Gasteiger partial charge in [-0.25, -0.2) is 0 Å². The van der Waals surface area contributed by atoms with Crippen molar-refractivity contribution in [3.05, 3.63) is 11.6 Å². The van der Waals surface area contributed by atoms with E-state index in [2.05, 4.69) is 0 Å². The molecule has 0 aromatic rings. The maximum absolute atomic E-state index is 10.5. The highest BCUT2D eigenvalue weighted by Gasteiger charge is 2.22. The Morgan fingerprint density at radius 1 is 1.44 bits per heavy atom. The number of hydrogen-bond donors (Lipinski definition) is 0. The lowest BCUT2D eigenvalue weighted by Gasteiger charge is -1.91. The SMILES string of the molecule is CC(=O)C=C(C)C1CC1. The molecule has 0 aromatic carbocycles. The van der Waals surface area contributed by atoms with Crippen LogP contribution in [-0.2, 0) is 4.79 Å². The molecule has 1 fully saturated rings. The van der Waals surface area contributed by atoms with Gasteiger partial charge in [-0.15, -0.1) is 0 Å². The fraction of sp³-hybridized carbons (Fsp3) is 0.625. The van der Waals surface area contributed by atoms with Crippen molar-refractivity contribution in [2.75, 3.05) is 0 Å². The van der Waals surface area contributed by atoms with Gasteiger partial charge in [0, 0.05) is 0 Å². The monoisotopic (exact) mass is 124 g/mol. The van der Waals surface area contributed by atoms with Gasteiger partial charge in [-0.2, -0.15) is 0 Å². The number of allylic oxidation sites excluding steroid dienone is 2. The molecule has 0 aromatic heterocycles. The van der Waals surface area contributed by atoms with Crippen molar-refractivity contribution in [3.63, 3.8) is 0 Å². The standard InChI is InChI=1S/C8H12O/c1-6(5-7(2)9)8-3-4-8/h5,8H,3-4H2,1-2H3. The van der Waals surface area contributed by atoms with Gasteiger partial charge in [0.25, 0.3) is 0 Å². The average molecular weight is 124 g/mol. The van der Waals surface area contributed by atoms with E-state index in [0.717, 1.165) is 5.92 Å². The zero-order valence-corrected chi connectivity index (χ0v) is 5.98. The lowest BCUT2D eigenvalue weighted by molar-refractivity contribution is -0.112.